The highest BCUT2D eigenvalue weighted by atomic mass is 32.2. The maximum atomic E-state index is 8.62. The topological polar surface area (TPSA) is 23.8 Å². The van der Waals surface area contributed by atoms with E-state index in [4.69, 9.17) is 5.26 Å². The SMILES string of the molecule is N#CCC1CC2CCCC(C1)S2. The van der Waals surface area contributed by atoms with Gasteiger partial charge in [-0.3, -0.25) is 0 Å². The van der Waals surface area contributed by atoms with Crippen molar-refractivity contribution in [2.75, 3.05) is 0 Å². The van der Waals surface area contributed by atoms with Gasteiger partial charge in [-0.2, -0.15) is 17.0 Å². The highest BCUT2D eigenvalue weighted by molar-refractivity contribution is 8.00. The van der Waals surface area contributed by atoms with Gasteiger partial charge in [0.15, 0.2) is 0 Å². The fraction of sp³-hybridized carbons (Fsp3) is 0.900. The van der Waals surface area contributed by atoms with Crippen LogP contribution in [0.4, 0.5) is 0 Å². The minimum absolute atomic E-state index is 0.728. The number of nitriles is 1. The lowest BCUT2D eigenvalue weighted by Gasteiger charge is -2.37. The Morgan fingerprint density at radius 2 is 1.92 bits per heavy atom. The summed E-state index contributed by atoms with van der Waals surface area (Å²) in [5, 5.41) is 10.4. The number of fused-ring (bicyclic) bond motifs is 2. The quantitative estimate of drug-likeness (QED) is 0.621. The van der Waals surface area contributed by atoms with E-state index in [1.807, 2.05) is 0 Å². The first-order valence-corrected chi connectivity index (χ1v) is 5.85. The zero-order valence-electron chi connectivity index (χ0n) is 7.33. The van der Waals surface area contributed by atoms with Gasteiger partial charge in [0.1, 0.15) is 0 Å². The molecule has 66 valence electrons. The van der Waals surface area contributed by atoms with E-state index in [2.05, 4.69) is 17.8 Å². The largest absolute Gasteiger partial charge is 0.198 e. The van der Waals surface area contributed by atoms with Crippen molar-refractivity contribution in [1.82, 2.24) is 0 Å². The van der Waals surface area contributed by atoms with Gasteiger partial charge in [-0.25, -0.2) is 0 Å². The van der Waals surface area contributed by atoms with Crippen LogP contribution in [0.5, 0.6) is 0 Å². The summed E-state index contributed by atoms with van der Waals surface area (Å²) < 4.78 is 0. The Bertz CT molecular complexity index is 185. The number of nitrogens with zero attached hydrogens (tertiary/aromatic N) is 1. The van der Waals surface area contributed by atoms with E-state index in [0.717, 1.165) is 22.8 Å². The first-order chi connectivity index (χ1) is 5.88. The van der Waals surface area contributed by atoms with Crippen LogP contribution in [-0.4, -0.2) is 10.5 Å². The van der Waals surface area contributed by atoms with Crippen molar-refractivity contribution in [2.45, 2.75) is 49.0 Å². The van der Waals surface area contributed by atoms with E-state index >= 15 is 0 Å². The maximum absolute atomic E-state index is 8.62. The standard InChI is InChI=1S/C10H15NS/c11-5-4-8-6-9-2-1-3-10(7-8)12-9/h8-10H,1-4,6-7H2. The molecule has 0 aromatic carbocycles. The molecule has 2 atom stereocenters. The highest BCUT2D eigenvalue weighted by Crippen LogP contribution is 2.44. The Morgan fingerprint density at radius 1 is 1.25 bits per heavy atom. The van der Waals surface area contributed by atoms with Crippen molar-refractivity contribution in [3.63, 3.8) is 0 Å². The molecule has 0 radical (unpaired) electrons. The van der Waals surface area contributed by atoms with E-state index < -0.39 is 0 Å². The zero-order valence-corrected chi connectivity index (χ0v) is 8.15. The second-order valence-electron chi connectivity index (χ2n) is 4.01. The lowest BCUT2D eigenvalue weighted by atomic mass is 9.88. The van der Waals surface area contributed by atoms with Gasteiger partial charge in [0.05, 0.1) is 6.07 Å². The van der Waals surface area contributed by atoms with Crippen LogP contribution in [-0.2, 0) is 0 Å². The molecule has 2 saturated heterocycles. The van der Waals surface area contributed by atoms with E-state index in [0.29, 0.717) is 0 Å². The van der Waals surface area contributed by atoms with Crippen molar-refractivity contribution in [1.29, 1.82) is 5.26 Å². The predicted molar refractivity (Wildman–Crippen MR) is 52.0 cm³/mol. The molecule has 2 aliphatic heterocycles. The van der Waals surface area contributed by atoms with E-state index in [9.17, 15) is 0 Å². The van der Waals surface area contributed by atoms with Crippen LogP contribution < -0.4 is 0 Å². The molecule has 2 fully saturated rings. The van der Waals surface area contributed by atoms with Crippen LogP contribution in [0.15, 0.2) is 0 Å². The number of hydrogen-bond acceptors (Lipinski definition) is 2. The molecule has 2 heterocycles. The minimum atomic E-state index is 0.728. The summed E-state index contributed by atoms with van der Waals surface area (Å²) in [5.41, 5.74) is 0. The molecule has 2 heteroatoms. The zero-order chi connectivity index (χ0) is 8.39. The first kappa shape index (κ1) is 8.44. The van der Waals surface area contributed by atoms with E-state index in [-0.39, 0.29) is 0 Å². The molecule has 0 saturated carbocycles. The molecular weight excluding hydrogens is 166 g/mol. The smallest absolute Gasteiger partial charge is 0.0624 e. The van der Waals surface area contributed by atoms with Gasteiger partial charge in [-0.05, 0) is 31.6 Å². The summed E-state index contributed by atoms with van der Waals surface area (Å²) in [6.07, 6.45) is 7.67. The second-order valence-corrected chi connectivity index (χ2v) is 5.62. The molecule has 2 unspecified atom stereocenters. The van der Waals surface area contributed by atoms with Gasteiger partial charge in [0.25, 0.3) is 0 Å². The Hall–Kier alpha value is -0.160. The summed E-state index contributed by atoms with van der Waals surface area (Å²) in [7, 11) is 0. The van der Waals surface area contributed by atoms with Crippen LogP contribution >= 0.6 is 11.8 Å². The molecule has 12 heavy (non-hydrogen) atoms. The van der Waals surface area contributed by atoms with Crippen molar-refractivity contribution in [3.8, 4) is 6.07 Å². The van der Waals surface area contributed by atoms with Crippen LogP contribution in [0, 0.1) is 17.2 Å². The summed E-state index contributed by atoms with van der Waals surface area (Å²) in [4.78, 5) is 0. The third-order valence-electron chi connectivity index (χ3n) is 3.01. The van der Waals surface area contributed by atoms with Crippen molar-refractivity contribution >= 4 is 11.8 Å². The Kier molecular flexibility index (Phi) is 2.60. The molecule has 0 aromatic heterocycles. The fourth-order valence-corrected chi connectivity index (χ4v) is 4.38. The summed E-state index contributed by atoms with van der Waals surface area (Å²) in [5.74, 6) is 0.728. The second kappa shape index (κ2) is 3.70. The molecule has 0 spiro atoms. The molecular formula is C10H15NS. The fourth-order valence-electron chi connectivity index (χ4n) is 2.46. The third kappa shape index (κ3) is 1.77. The highest BCUT2D eigenvalue weighted by Gasteiger charge is 2.31. The summed E-state index contributed by atoms with van der Waals surface area (Å²) >= 11 is 2.19. The molecule has 0 aromatic rings. The Morgan fingerprint density at radius 3 is 2.50 bits per heavy atom. The van der Waals surface area contributed by atoms with Crippen LogP contribution in [0.2, 0.25) is 0 Å². The molecule has 0 amide bonds. The summed E-state index contributed by atoms with van der Waals surface area (Å²) in [6, 6.07) is 2.32. The van der Waals surface area contributed by atoms with Gasteiger partial charge in [-0.1, -0.05) is 6.42 Å². The predicted octanol–water partition coefficient (Wildman–Crippen LogP) is 2.96. The lowest BCUT2D eigenvalue weighted by Crippen LogP contribution is -2.28. The average molecular weight is 181 g/mol. The van der Waals surface area contributed by atoms with Gasteiger partial charge in [-0.15, -0.1) is 0 Å². The summed E-state index contributed by atoms with van der Waals surface area (Å²) in [6.45, 7) is 0. The van der Waals surface area contributed by atoms with Crippen LogP contribution in [0.25, 0.3) is 0 Å². The average Bonchev–Trinajstić information content (AvgIpc) is 2.04. The van der Waals surface area contributed by atoms with Gasteiger partial charge in [0, 0.05) is 16.9 Å². The van der Waals surface area contributed by atoms with Gasteiger partial charge >= 0.3 is 0 Å². The molecule has 2 aliphatic rings. The van der Waals surface area contributed by atoms with Crippen LogP contribution in [0.1, 0.15) is 38.5 Å². The normalized spacial score (nSPS) is 40.4. The van der Waals surface area contributed by atoms with Crippen molar-refractivity contribution in [2.24, 2.45) is 5.92 Å². The van der Waals surface area contributed by atoms with Gasteiger partial charge in [0.2, 0.25) is 0 Å². The van der Waals surface area contributed by atoms with E-state index in [1.54, 1.807) is 0 Å². The third-order valence-corrected chi connectivity index (χ3v) is 4.64. The molecule has 0 aliphatic carbocycles. The van der Waals surface area contributed by atoms with Crippen LogP contribution in [0.3, 0.4) is 0 Å². The number of thioether (sulfide) groups is 1. The van der Waals surface area contributed by atoms with Gasteiger partial charge < -0.3 is 0 Å². The number of hydrogen-bond donors (Lipinski definition) is 0. The van der Waals surface area contributed by atoms with Crippen molar-refractivity contribution < 1.29 is 0 Å². The van der Waals surface area contributed by atoms with E-state index in [1.165, 1.54) is 32.1 Å². The van der Waals surface area contributed by atoms with Crippen molar-refractivity contribution in [3.05, 3.63) is 0 Å². The lowest BCUT2D eigenvalue weighted by molar-refractivity contribution is 0.375. The first-order valence-electron chi connectivity index (χ1n) is 4.91. The molecule has 2 bridgehead atoms. The Labute approximate surface area is 78.5 Å². The monoisotopic (exact) mass is 181 g/mol. The molecule has 1 nitrogen and oxygen atoms in total. The molecule has 0 N–H and O–H groups in total. The number of rotatable bonds is 1. The maximum Gasteiger partial charge on any atom is 0.0624 e. The minimum Gasteiger partial charge on any atom is -0.198 e. The molecule has 2 rings (SSSR count). The Balaban J connectivity index is 1.92.